The van der Waals surface area contributed by atoms with Crippen molar-refractivity contribution in [3.8, 4) is 0 Å². The smallest absolute Gasteiger partial charge is 0.324 e. The van der Waals surface area contributed by atoms with Crippen molar-refractivity contribution in [2.24, 2.45) is 11.1 Å². The van der Waals surface area contributed by atoms with E-state index >= 15 is 0 Å². The molecule has 0 heterocycles. The lowest BCUT2D eigenvalue weighted by Crippen LogP contribution is -2.35. The third kappa shape index (κ3) is 0.620. The zero-order chi connectivity index (χ0) is 6.70. The number of carbonyl (C=O) groups is 1. The van der Waals surface area contributed by atoms with Gasteiger partial charge in [-0.3, -0.25) is 4.79 Å². The predicted molar refractivity (Wildman–Crippen MR) is 38.1 cm³/mol. The van der Waals surface area contributed by atoms with E-state index in [2.05, 4.69) is 0 Å². The maximum atomic E-state index is 10.4. The van der Waals surface area contributed by atoms with Crippen LogP contribution in [0.1, 0.15) is 19.3 Å². The van der Waals surface area contributed by atoms with Gasteiger partial charge in [0.15, 0.2) is 0 Å². The van der Waals surface area contributed by atoms with E-state index in [1.807, 2.05) is 0 Å². The summed E-state index contributed by atoms with van der Waals surface area (Å²) >= 11 is 0. The van der Waals surface area contributed by atoms with Crippen LogP contribution in [0.25, 0.3) is 0 Å². The van der Waals surface area contributed by atoms with Crippen LogP contribution in [-0.2, 0) is 4.79 Å². The van der Waals surface area contributed by atoms with Gasteiger partial charge < -0.3 is 10.8 Å². The number of aliphatic carboxylic acids is 1. The number of halogens is 1. The number of rotatable bonds is 1. The van der Waals surface area contributed by atoms with Crippen LogP contribution < -0.4 is 5.73 Å². The van der Waals surface area contributed by atoms with Gasteiger partial charge in [-0.15, -0.1) is 12.4 Å². The monoisotopic (exact) mass is 163 g/mol. The van der Waals surface area contributed by atoms with Crippen molar-refractivity contribution in [2.75, 3.05) is 0 Å². The van der Waals surface area contributed by atoms with Crippen LogP contribution in [0.2, 0.25) is 0 Å². The summed E-state index contributed by atoms with van der Waals surface area (Å²) in [6, 6.07) is 0. The van der Waals surface area contributed by atoms with Crippen molar-refractivity contribution >= 4 is 18.4 Å². The van der Waals surface area contributed by atoms with Gasteiger partial charge in [0.2, 0.25) is 0 Å². The van der Waals surface area contributed by atoms with Crippen LogP contribution in [0.5, 0.6) is 0 Å². The van der Waals surface area contributed by atoms with Gasteiger partial charge >= 0.3 is 5.97 Å². The summed E-state index contributed by atoms with van der Waals surface area (Å²) in [7, 11) is 0. The molecule has 0 aliphatic heterocycles. The largest absolute Gasteiger partial charge is 0.480 e. The van der Waals surface area contributed by atoms with Gasteiger partial charge in [0.1, 0.15) is 5.54 Å². The zero-order valence-electron chi connectivity index (χ0n) is 5.46. The molecule has 3 N–H and O–H groups in total. The number of carboxylic acids is 1. The highest BCUT2D eigenvalue weighted by molar-refractivity contribution is 5.85. The maximum absolute atomic E-state index is 10.4. The minimum Gasteiger partial charge on any atom is -0.480 e. The van der Waals surface area contributed by atoms with E-state index in [1.54, 1.807) is 0 Å². The van der Waals surface area contributed by atoms with Gasteiger partial charge in [0, 0.05) is 5.41 Å². The quantitative estimate of drug-likeness (QED) is 0.587. The first-order valence-electron chi connectivity index (χ1n) is 3.13. The Hall–Kier alpha value is -0.280. The summed E-state index contributed by atoms with van der Waals surface area (Å²) in [5.74, 6) is -0.819. The first kappa shape index (κ1) is 7.82. The summed E-state index contributed by atoms with van der Waals surface area (Å²) in [4.78, 5) is 10.4. The molecule has 0 amide bonds. The molecule has 2 aliphatic rings. The molecule has 1 atom stereocenters. The zero-order valence-corrected chi connectivity index (χ0v) is 6.28. The second-order valence-electron chi connectivity index (χ2n) is 3.23. The van der Waals surface area contributed by atoms with Crippen LogP contribution in [0.15, 0.2) is 0 Å². The summed E-state index contributed by atoms with van der Waals surface area (Å²) in [6.45, 7) is 0. The highest BCUT2D eigenvalue weighted by Gasteiger charge is 2.76. The van der Waals surface area contributed by atoms with Gasteiger partial charge in [-0.2, -0.15) is 0 Å². The number of hydrogen-bond acceptors (Lipinski definition) is 2. The minimum absolute atomic E-state index is 0. The van der Waals surface area contributed by atoms with Gasteiger partial charge in [0.25, 0.3) is 0 Å². The molecule has 0 bridgehead atoms. The topological polar surface area (TPSA) is 63.3 Å². The first-order chi connectivity index (χ1) is 4.11. The molecule has 2 rings (SSSR count). The molecule has 0 aromatic rings. The lowest BCUT2D eigenvalue weighted by atomic mass is 10.2. The molecule has 0 radical (unpaired) electrons. The first-order valence-corrected chi connectivity index (χ1v) is 3.13. The normalized spacial score (nSPS) is 38.5. The van der Waals surface area contributed by atoms with Crippen molar-refractivity contribution in [3.63, 3.8) is 0 Å². The molecular weight excluding hydrogens is 154 g/mol. The summed E-state index contributed by atoms with van der Waals surface area (Å²) in [5.41, 5.74) is 4.76. The second kappa shape index (κ2) is 1.66. The van der Waals surface area contributed by atoms with Crippen molar-refractivity contribution in [3.05, 3.63) is 0 Å². The Morgan fingerprint density at radius 2 is 2.00 bits per heavy atom. The van der Waals surface area contributed by atoms with Crippen LogP contribution in [0.3, 0.4) is 0 Å². The van der Waals surface area contributed by atoms with Crippen LogP contribution >= 0.6 is 12.4 Å². The molecule has 4 heteroatoms. The molecule has 0 aromatic carbocycles. The van der Waals surface area contributed by atoms with Gasteiger partial charge in [0.05, 0.1) is 0 Å². The second-order valence-corrected chi connectivity index (χ2v) is 3.23. The molecule has 2 fully saturated rings. The fourth-order valence-corrected chi connectivity index (χ4v) is 1.57. The van der Waals surface area contributed by atoms with E-state index in [0.29, 0.717) is 6.42 Å². The molecule has 1 spiro atoms. The molecule has 1 unspecified atom stereocenters. The van der Waals surface area contributed by atoms with Crippen LogP contribution in [0, 0.1) is 5.41 Å². The summed E-state index contributed by atoms with van der Waals surface area (Å²) < 4.78 is 0. The number of nitrogens with two attached hydrogens (primary N) is 1. The van der Waals surface area contributed by atoms with Crippen molar-refractivity contribution in [1.29, 1.82) is 0 Å². The third-order valence-corrected chi connectivity index (χ3v) is 2.67. The van der Waals surface area contributed by atoms with Gasteiger partial charge in [-0.25, -0.2) is 0 Å². The Morgan fingerprint density at radius 1 is 1.50 bits per heavy atom. The highest BCUT2D eigenvalue weighted by Crippen LogP contribution is 2.71. The molecule has 58 valence electrons. The van der Waals surface area contributed by atoms with Crippen LogP contribution in [-0.4, -0.2) is 16.6 Å². The number of hydrogen-bond donors (Lipinski definition) is 2. The minimum atomic E-state index is -0.826. The van der Waals surface area contributed by atoms with E-state index in [-0.39, 0.29) is 17.8 Å². The fraction of sp³-hybridized carbons (Fsp3) is 0.833. The molecule has 2 aliphatic carbocycles. The molecule has 0 aromatic heterocycles. The summed E-state index contributed by atoms with van der Waals surface area (Å²) in [5, 5.41) is 8.56. The third-order valence-electron chi connectivity index (χ3n) is 2.67. The Bertz CT molecular complexity index is 190. The molecule has 3 nitrogen and oxygen atoms in total. The van der Waals surface area contributed by atoms with E-state index in [4.69, 9.17) is 10.8 Å². The Morgan fingerprint density at radius 3 is 2.10 bits per heavy atom. The summed E-state index contributed by atoms with van der Waals surface area (Å²) in [6.07, 6.45) is 2.75. The molecule has 10 heavy (non-hydrogen) atoms. The van der Waals surface area contributed by atoms with Crippen LogP contribution in [0.4, 0.5) is 0 Å². The van der Waals surface area contributed by atoms with E-state index in [9.17, 15) is 4.79 Å². The highest BCUT2D eigenvalue weighted by atomic mass is 35.5. The Kier molecular flexibility index (Phi) is 1.29. The van der Waals surface area contributed by atoms with E-state index in [0.717, 1.165) is 12.8 Å². The SMILES string of the molecule is Cl.NC1(C(=O)O)CC12CC2. The standard InChI is InChI=1S/C6H9NO2.ClH/c7-6(4(8)9)3-5(6)1-2-5;/h1-3,7H2,(H,8,9);1H. The lowest BCUT2D eigenvalue weighted by Gasteiger charge is -2.00. The van der Waals surface area contributed by atoms with E-state index in [1.165, 1.54) is 0 Å². The van der Waals surface area contributed by atoms with Gasteiger partial charge in [-0.05, 0) is 19.3 Å². The van der Waals surface area contributed by atoms with Gasteiger partial charge in [-0.1, -0.05) is 0 Å². The van der Waals surface area contributed by atoms with Crippen molar-refractivity contribution in [1.82, 2.24) is 0 Å². The Balaban J connectivity index is 0.000000500. The molecular formula is C6H10ClNO2. The molecule has 2 saturated carbocycles. The average Bonchev–Trinajstić information content (AvgIpc) is 2.56. The Labute approximate surface area is 65.0 Å². The molecule has 0 saturated heterocycles. The average molecular weight is 164 g/mol. The van der Waals surface area contributed by atoms with E-state index < -0.39 is 11.5 Å². The predicted octanol–water partition coefficient (Wildman–Crippen LogP) is 0.374. The maximum Gasteiger partial charge on any atom is 0.324 e. The van der Waals surface area contributed by atoms with Crippen molar-refractivity contribution in [2.45, 2.75) is 24.8 Å². The fourth-order valence-electron chi connectivity index (χ4n) is 1.57. The lowest BCUT2D eigenvalue weighted by molar-refractivity contribution is -0.140. The number of carboxylic acid groups (broad SMARTS) is 1. The van der Waals surface area contributed by atoms with Crippen molar-refractivity contribution < 1.29 is 9.90 Å².